The van der Waals surface area contributed by atoms with Crippen molar-refractivity contribution >= 4 is 15.9 Å². The van der Waals surface area contributed by atoms with E-state index in [9.17, 15) is 5.11 Å². The van der Waals surface area contributed by atoms with Crippen LogP contribution in [0.1, 0.15) is 0 Å². The zero-order chi connectivity index (χ0) is 11.5. The fourth-order valence-corrected chi connectivity index (χ4v) is 1.57. The Bertz CT molecular complexity index is 494. The molecule has 0 unspecified atom stereocenters. The van der Waals surface area contributed by atoms with E-state index in [-0.39, 0.29) is 11.5 Å². The minimum Gasteiger partial charge on any atom is -0.508 e. The molecular formula is C12H9BrO3. The maximum absolute atomic E-state index is 9.69. The maximum Gasteiger partial charge on any atom is 0.172 e. The summed E-state index contributed by atoms with van der Waals surface area (Å²) in [6.45, 7) is 0. The molecule has 0 aliphatic heterocycles. The highest BCUT2D eigenvalue weighted by atomic mass is 79.9. The van der Waals surface area contributed by atoms with Crippen LogP contribution in [0.3, 0.4) is 0 Å². The van der Waals surface area contributed by atoms with E-state index in [1.165, 1.54) is 12.1 Å². The van der Waals surface area contributed by atoms with Crippen molar-refractivity contribution in [2.24, 2.45) is 0 Å². The summed E-state index contributed by atoms with van der Waals surface area (Å²) in [6, 6.07) is 11.4. The molecule has 2 rings (SSSR count). The van der Waals surface area contributed by atoms with Gasteiger partial charge in [-0.1, -0.05) is 6.07 Å². The summed E-state index contributed by atoms with van der Waals surface area (Å²) in [5.74, 6) is 1.13. The number of benzene rings is 2. The first-order valence-corrected chi connectivity index (χ1v) is 5.40. The van der Waals surface area contributed by atoms with Crippen molar-refractivity contribution < 1.29 is 14.9 Å². The zero-order valence-electron chi connectivity index (χ0n) is 8.22. The lowest BCUT2D eigenvalue weighted by molar-refractivity contribution is 0.408. The van der Waals surface area contributed by atoms with E-state index in [4.69, 9.17) is 9.84 Å². The molecule has 0 atom stereocenters. The zero-order valence-corrected chi connectivity index (χ0v) is 9.81. The molecule has 0 radical (unpaired) electrons. The number of phenolic OH excluding ortho intramolecular Hbond substituents is 2. The summed E-state index contributed by atoms with van der Waals surface area (Å²) < 4.78 is 6.03. The van der Waals surface area contributed by atoms with Crippen molar-refractivity contribution in [2.75, 3.05) is 0 Å². The third-order valence-corrected chi connectivity index (χ3v) is 2.65. The lowest BCUT2D eigenvalue weighted by atomic mass is 10.3. The van der Waals surface area contributed by atoms with Gasteiger partial charge in [0.05, 0.1) is 4.47 Å². The fraction of sp³-hybridized carbons (Fsp3) is 0. The molecule has 0 aromatic heterocycles. The molecule has 0 saturated carbocycles. The van der Waals surface area contributed by atoms with Gasteiger partial charge in [-0.2, -0.15) is 0 Å². The topological polar surface area (TPSA) is 49.7 Å². The van der Waals surface area contributed by atoms with Crippen molar-refractivity contribution in [1.29, 1.82) is 0 Å². The molecule has 2 aromatic rings. The average Bonchev–Trinajstić information content (AvgIpc) is 2.28. The molecule has 16 heavy (non-hydrogen) atoms. The molecule has 0 bridgehead atoms. The first-order chi connectivity index (χ1) is 7.66. The predicted molar refractivity (Wildman–Crippen MR) is 64.0 cm³/mol. The SMILES string of the molecule is Oc1ccc(Oc2cccc(Br)c2O)cc1. The monoisotopic (exact) mass is 280 g/mol. The van der Waals surface area contributed by atoms with E-state index in [1.54, 1.807) is 30.3 Å². The molecule has 2 aromatic carbocycles. The van der Waals surface area contributed by atoms with Crippen LogP contribution >= 0.6 is 15.9 Å². The van der Waals surface area contributed by atoms with Crippen LogP contribution in [0.2, 0.25) is 0 Å². The Kier molecular flexibility index (Phi) is 3.01. The van der Waals surface area contributed by atoms with Crippen molar-refractivity contribution in [2.45, 2.75) is 0 Å². The van der Waals surface area contributed by atoms with Gasteiger partial charge in [0.2, 0.25) is 0 Å². The van der Waals surface area contributed by atoms with Gasteiger partial charge in [0.1, 0.15) is 11.5 Å². The Labute approximate surface area is 101 Å². The number of hydrogen-bond donors (Lipinski definition) is 2. The van der Waals surface area contributed by atoms with Crippen molar-refractivity contribution in [1.82, 2.24) is 0 Å². The summed E-state index contributed by atoms with van der Waals surface area (Å²) in [6.07, 6.45) is 0. The molecule has 0 aliphatic carbocycles. The lowest BCUT2D eigenvalue weighted by Gasteiger charge is -2.08. The Morgan fingerprint density at radius 1 is 0.938 bits per heavy atom. The summed E-state index contributed by atoms with van der Waals surface area (Å²) in [5.41, 5.74) is 0. The van der Waals surface area contributed by atoms with Gasteiger partial charge in [-0.25, -0.2) is 0 Å². The Hall–Kier alpha value is -1.68. The highest BCUT2D eigenvalue weighted by Gasteiger charge is 2.06. The van der Waals surface area contributed by atoms with Crippen LogP contribution in [0, 0.1) is 0 Å². The second kappa shape index (κ2) is 4.45. The Balaban J connectivity index is 2.27. The molecule has 0 heterocycles. The van der Waals surface area contributed by atoms with Crippen LogP contribution in [-0.2, 0) is 0 Å². The van der Waals surface area contributed by atoms with Gasteiger partial charge in [0.25, 0.3) is 0 Å². The largest absolute Gasteiger partial charge is 0.508 e. The summed E-state index contributed by atoms with van der Waals surface area (Å²) in [4.78, 5) is 0. The normalized spacial score (nSPS) is 10.1. The van der Waals surface area contributed by atoms with Crippen LogP contribution in [0.15, 0.2) is 46.9 Å². The van der Waals surface area contributed by atoms with E-state index in [2.05, 4.69) is 15.9 Å². The van der Waals surface area contributed by atoms with Gasteiger partial charge in [0, 0.05) is 0 Å². The standard InChI is InChI=1S/C12H9BrO3/c13-10-2-1-3-11(12(10)15)16-9-6-4-8(14)5-7-9/h1-7,14-15H. The lowest BCUT2D eigenvalue weighted by Crippen LogP contribution is -1.84. The minimum atomic E-state index is 0.0515. The first kappa shape index (κ1) is 10.8. The number of para-hydroxylation sites is 1. The first-order valence-electron chi connectivity index (χ1n) is 4.61. The second-order valence-corrected chi connectivity index (χ2v) is 4.04. The summed E-state index contributed by atoms with van der Waals surface area (Å²) in [7, 11) is 0. The van der Waals surface area contributed by atoms with E-state index in [0.717, 1.165) is 0 Å². The Morgan fingerprint density at radius 3 is 2.31 bits per heavy atom. The smallest absolute Gasteiger partial charge is 0.172 e. The Morgan fingerprint density at radius 2 is 1.62 bits per heavy atom. The molecule has 0 amide bonds. The highest BCUT2D eigenvalue weighted by Crippen LogP contribution is 2.36. The second-order valence-electron chi connectivity index (χ2n) is 3.18. The average molecular weight is 281 g/mol. The van der Waals surface area contributed by atoms with Gasteiger partial charge in [0.15, 0.2) is 11.5 Å². The molecule has 0 spiro atoms. The van der Waals surface area contributed by atoms with Gasteiger partial charge in [-0.15, -0.1) is 0 Å². The fourth-order valence-electron chi connectivity index (χ4n) is 1.22. The van der Waals surface area contributed by atoms with E-state index < -0.39 is 0 Å². The van der Waals surface area contributed by atoms with E-state index in [1.807, 2.05) is 0 Å². The molecule has 2 N–H and O–H groups in total. The van der Waals surface area contributed by atoms with Crippen LogP contribution in [0.4, 0.5) is 0 Å². The molecule has 0 aliphatic rings. The molecular weight excluding hydrogens is 272 g/mol. The molecule has 0 saturated heterocycles. The summed E-state index contributed by atoms with van der Waals surface area (Å²) in [5, 5.41) is 18.8. The van der Waals surface area contributed by atoms with Gasteiger partial charge >= 0.3 is 0 Å². The van der Waals surface area contributed by atoms with Gasteiger partial charge < -0.3 is 14.9 Å². The van der Waals surface area contributed by atoms with Crippen molar-refractivity contribution in [3.63, 3.8) is 0 Å². The summed E-state index contributed by atoms with van der Waals surface area (Å²) >= 11 is 3.20. The van der Waals surface area contributed by atoms with Crippen LogP contribution in [0.25, 0.3) is 0 Å². The van der Waals surface area contributed by atoms with Gasteiger partial charge in [-0.05, 0) is 52.3 Å². The minimum absolute atomic E-state index is 0.0515. The van der Waals surface area contributed by atoms with Crippen molar-refractivity contribution in [3.8, 4) is 23.0 Å². The van der Waals surface area contributed by atoms with E-state index in [0.29, 0.717) is 16.0 Å². The third-order valence-electron chi connectivity index (χ3n) is 2.01. The van der Waals surface area contributed by atoms with Crippen LogP contribution < -0.4 is 4.74 Å². The molecule has 4 heteroatoms. The number of aromatic hydroxyl groups is 2. The molecule has 82 valence electrons. The number of ether oxygens (including phenoxy) is 1. The van der Waals surface area contributed by atoms with Crippen molar-refractivity contribution in [3.05, 3.63) is 46.9 Å². The van der Waals surface area contributed by atoms with E-state index >= 15 is 0 Å². The van der Waals surface area contributed by atoms with Gasteiger partial charge in [-0.3, -0.25) is 0 Å². The quantitative estimate of drug-likeness (QED) is 0.883. The van der Waals surface area contributed by atoms with Crippen LogP contribution in [0.5, 0.6) is 23.0 Å². The number of phenols is 2. The number of rotatable bonds is 2. The maximum atomic E-state index is 9.69. The number of hydrogen-bond acceptors (Lipinski definition) is 3. The van der Waals surface area contributed by atoms with Crippen LogP contribution in [-0.4, -0.2) is 10.2 Å². The highest BCUT2D eigenvalue weighted by molar-refractivity contribution is 9.10. The third kappa shape index (κ3) is 2.28. The predicted octanol–water partition coefficient (Wildman–Crippen LogP) is 3.65. The molecule has 0 fully saturated rings. The number of halogens is 1. The molecule has 3 nitrogen and oxygen atoms in total.